The maximum atomic E-state index is 12.6. The molecule has 2 aromatic carbocycles. The van der Waals surface area contributed by atoms with Crippen molar-refractivity contribution in [1.29, 1.82) is 0 Å². The first kappa shape index (κ1) is 17.3. The van der Waals surface area contributed by atoms with Crippen LogP contribution in [0.15, 0.2) is 60.8 Å². The highest BCUT2D eigenvalue weighted by Crippen LogP contribution is 2.26. The fourth-order valence-electron chi connectivity index (χ4n) is 3.47. The minimum atomic E-state index is -0.00753. The fourth-order valence-corrected chi connectivity index (χ4v) is 3.47. The first-order valence-electron chi connectivity index (χ1n) is 9.14. The minimum Gasteiger partial charge on any atom is -0.497 e. The molecule has 1 atom stereocenters. The van der Waals surface area contributed by atoms with Crippen LogP contribution in [0.3, 0.4) is 0 Å². The maximum absolute atomic E-state index is 12.6. The molecule has 1 aliphatic rings. The highest BCUT2D eigenvalue weighted by atomic mass is 16.5. The summed E-state index contributed by atoms with van der Waals surface area (Å²) in [5, 5.41) is 1.05. The van der Waals surface area contributed by atoms with E-state index in [0.29, 0.717) is 19.5 Å². The number of nitrogens with zero attached hydrogens (tertiary/aromatic N) is 2. The SMILES string of the molecule is COc1cccc(CC(=O)N2CCC(Oc3cccc4cccnc34)C2)c1. The van der Waals surface area contributed by atoms with Gasteiger partial charge < -0.3 is 14.4 Å². The number of likely N-dealkylation sites (tertiary alicyclic amines) is 1. The molecule has 5 nitrogen and oxygen atoms in total. The summed E-state index contributed by atoms with van der Waals surface area (Å²) in [6.07, 6.45) is 2.97. The van der Waals surface area contributed by atoms with E-state index in [1.807, 2.05) is 59.5 Å². The van der Waals surface area contributed by atoms with E-state index in [9.17, 15) is 4.79 Å². The maximum Gasteiger partial charge on any atom is 0.227 e. The number of ether oxygens (including phenoxy) is 2. The Morgan fingerprint density at radius 2 is 2.04 bits per heavy atom. The quantitative estimate of drug-likeness (QED) is 0.697. The third-order valence-corrected chi connectivity index (χ3v) is 4.88. The van der Waals surface area contributed by atoms with Crippen molar-refractivity contribution in [3.8, 4) is 11.5 Å². The van der Waals surface area contributed by atoms with E-state index in [0.717, 1.165) is 34.4 Å². The van der Waals surface area contributed by atoms with Gasteiger partial charge in [-0.3, -0.25) is 9.78 Å². The van der Waals surface area contributed by atoms with Crippen LogP contribution >= 0.6 is 0 Å². The van der Waals surface area contributed by atoms with Crippen LogP contribution in [0.25, 0.3) is 10.9 Å². The number of para-hydroxylation sites is 1. The molecule has 0 N–H and O–H groups in total. The molecule has 1 unspecified atom stereocenters. The van der Waals surface area contributed by atoms with Crippen molar-refractivity contribution >= 4 is 16.8 Å². The average Bonchev–Trinajstić information content (AvgIpc) is 3.17. The zero-order valence-corrected chi connectivity index (χ0v) is 15.3. The van der Waals surface area contributed by atoms with Crippen LogP contribution < -0.4 is 9.47 Å². The number of pyridine rings is 1. The van der Waals surface area contributed by atoms with Crippen molar-refractivity contribution < 1.29 is 14.3 Å². The van der Waals surface area contributed by atoms with Gasteiger partial charge in [0.2, 0.25) is 5.91 Å². The molecule has 1 aromatic heterocycles. The molecule has 5 heteroatoms. The van der Waals surface area contributed by atoms with E-state index in [-0.39, 0.29) is 12.0 Å². The number of carbonyl (C=O) groups is 1. The number of rotatable bonds is 5. The highest BCUT2D eigenvalue weighted by molar-refractivity contribution is 5.84. The van der Waals surface area contributed by atoms with Gasteiger partial charge in [0.05, 0.1) is 20.1 Å². The van der Waals surface area contributed by atoms with Gasteiger partial charge in [0.15, 0.2) is 0 Å². The largest absolute Gasteiger partial charge is 0.497 e. The standard InChI is InChI=1S/C22H22N2O3/c1-26-18-8-2-5-16(13-18)14-21(25)24-12-10-19(15-24)27-20-9-3-6-17-7-4-11-23-22(17)20/h2-9,11,13,19H,10,12,14-15H2,1H3. The second-order valence-corrected chi connectivity index (χ2v) is 6.73. The number of benzene rings is 2. The van der Waals surface area contributed by atoms with Gasteiger partial charge in [-0.2, -0.15) is 0 Å². The normalized spacial score (nSPS) is 16.5. The van der Waals surface area contributed by atoms with Gasteiger partial charge in [0.25, 0.3) is 0 Å². The van der Waals surface area contributed by atoms with E-state index in [1.54, 1.807) is 13.3 Å². The molecule has 0 saturated carbocycles. The molecule has 4 rings (SSSR count). The summed E-state index contributed by atoms with van der Waals surface area (Å²) in [5.41, 5.74) is 1.82. The molecule has 27 heavy (non-hydrogen) atoms. The third-order valence-electron chi connectivity index (χ3n) is 4.88. The molecule has 138 valence electrons. The van der Waals surface area contributed by atoms with Crippen molar-refractivity contribution in [2.24, 2.45) is 0 Å². The number of fused-ring (bicyclic) bond motifs is 1. The lowest BCUT2D eigenvalue weighted by molar-refractivity contribution is -0.129. The number of amides is 1. The Morgan fingerprint density at radius 3 is 2.93 bits per heavy atom. The molecule has 3 aromatic rings. The van der Waals surface area contributed by atoms with Gasteiger partial charge in [-0.15, -0.1) is 0 Å². The summed E-state index contributed by atoms with van der Waals surface area (Å²) in [4.78, 5) is 19.0. The van der Waals surface area contributed by atoms with Crippen LogP contribution in [0.4, 0.5) is 0 Å². The summed E-state index contributed by atoms with van der Waals surface area (Å²) in [6, 6.07) is 17.5. The first-order chi connectivity index (χ1) is 13.2. The second-order valence-electron chi connectivity index (χ2n) is 6.73. The minimum absolute atomic E-state index is 0.00753. The van der Waals surface area contributed by atoms with Crippen LogP contribution in [0.1, 0.15) is 12.0 Å². The molecule has 1 fully saturated rings. The molecule has 1 amide bonds. The Kier molecular flexibility index (Phi) is 4.92. The zero-order chi connectivity index (χ0) is 18.6. The van der Waals surface area contributed by atoms with E-state index in [2.05, 4.69) is 4.98 Å². The molecular formula is C22H22N2O3. The van der Waals surface area contributed by atoms with Crippen molar-refractivity contribution in [2.75, 3.05) is 20.2 Å². The van der Waals surface area contributed by atoms with Gasteiger partial charge in [0, 0.05) is 24.5 Å². The number of hydrogen-bond donors (Lipinski definition) is 0. The molecule has 0 aliphatic carbocycles. The number of aromatic nitrogens is 1. The van der Waals surface area contributed by atoms with Gasteiger partial charge in [-0.1, -0.05) is 30.3 Å². The zero-order valence-electron chi connectivity index (χ0n) is 15.3. The number of methoxy groups -OCH3 is 1. The fraction of sp³-hybridized carbons (Fsp3) is 0.273. The predicted molar refractivity (Wildman–Crippen MR) is 104 cm³/mol. The Morgan fingerprint density at radius 1 is 1.19 bits per heavy atom. The van der Waals surface area contributed by atoms with E-state index >= 15 is 0 Å². The third kappa shape index (κ3) is 3.87. The molecule has 1 saturated heterocycles. The van der Waals surface area contributed by atoms with Crippen LogP contribution in [-0.4, -0.2) is 42.1 Å². The van der Waals surface area contributed by atoms with E-state index in [4.69, 9.17) is 9.47 Å². The van der Waals surface area contributed by atoms with Crippen LogP contribution in [0.5, 0.6) is 11.5 Å². The number of hydrogen-bond acceptors (Lipinski definition) is 4. The van der Waals surface area contributed by atoms with Gasteiger partial charge in [-0.25, -0.2) is 0 Å². The lowest BCUT2D eigenvalue weighted by atomic mass is 10.1. The monoisotopic (exact) mass is 362 g/mol. The van der Waals surface area contributed by atoms with E-state index in [1.165, 1.54) is 0 Å². The van der Waals surface area contributed by atoms with Crippen LogP contribution in [0.2, 0.25) is 0 Å². The molecule has 0 spiro atoms. The van der Waals surface area contributed by atoms with Crippen molar-refractivity contribution in [3.63, 3.8) is 0 Å². The van der Waals surface area contributed by atoms with E-state index < -0.39 is 0 Å². The summed E-state index contributed by atoms with van der Waals surface area (Å²) in [5.74, 6) is 1.66. The average molecular weight is 362 g/mol. The van der Waals surface area contributed by atoms with Crippen molar-refractivity contribution in [2.45, 2.75) is 18.9 Å². The van der Waals surface area contributed by atoms with Crippen molar-refractivity contribution in [1.82, 2.24) is 9.88 Å². The molecule has 1 aliphatic heterocycles. The van der Waals surface area contributed by atoms with Gasteiger partial charge >= 0.3 is 0 Å². The Balaban J connectivity index is 1.40. The van der Waals surface area contributed by atoms with Crippen LogP contribution in [0, 0.1) is 0 Å². The summed E-state index contributed by atoms with van der Waals surface area (Å²) >= 11 is 0. The highest BCUT2D eigenvalue weighted by Gasteiger charge is 2.28. The molecular weight excluding hydrogens is 340 g/mol. The second kappa shape index (κ2) is 7.66. The summed E-state index contributed by atoms with van der Waals surface area (Å²) < 4.78 is 11.4. The molecule has 2 heterocycles. The topological polar surface area (TPSA) is 51.7 Å². The Bertz CT molecular complexity index is 952. The lowest BCUT2D eigenvalue weighted by Crippen LogP contribution is -2.32. The smallest absolute Gasteiger partial charge is 0.227 e. The van der Waals surface area contributed by atoms with Crippen LogP contribution in [-0.2, 0) is 11.2 Å². The van der Waals surface area contributed by atoms with Gasteiger partial charge in [-0.05, 0) is 29.8 Å². The van der Waals surface area contributed by atoms with Gasteiger partial charge in [0.1, 0.15) is 23.1 Å². The molecule has 0 bridgehead atoms. The predicted octanol–water partition coefficient (Wildman–Crippen LogP) is 3.47. The van der Waals surface area contributed by atoms with Crippen molar-refractivity contribution in [3.05, 3.63) is 66.4 Å². The first-order valence-corrected chi connectivity index (χ1v) is 9.14. The summed E-state index contributed by atoms with van der Waals surface area (Å²) in [6.45, 7) is 1.32. The summed E-state index contributed by atoms with van der Waals surface area (Å²) in [7, 11) is 1.63. The Labute approximate surface area is 158 Å². The number of carbonyl (C=O) groups excluding carboxylic acids is 1. The molecule has 0 radical (unpaired) electrons. The Hall–Kier alpha value is -3.08. The lowest BCUT2D eigenvalue weighted by Gasteiger charge is -2.18.